The molecule has 0 amide bonds. The molecule has 18 heavy (non-hydrogen) atoms. The molecule has 1 aromatic carbocycles. The zero-order valence-electron chi connectivity index (χ0n) is 10.9. The van der Waals surface area contributed by atoms with E-state index in [0.29, 0.717) is 12.3 Å². The summed E-state index contributed by atoms with van der Waals surface area (Å²) >= 11 is 3.41. The van der Waals surface area contributed by atoms with Gasteiger partial charge in [-0.15, -0.1) is 12.4 Å². The molecule has 0 spiro atoms. The van der Waals surface area contributed by atoms with Crippen molar-refractivity contribution in [2.75, 3.05) is 7.11 Å². The molecule has 0 unspecified atom stereocenters. The lowest BCUT2D eigenvalue weighted by atomic mass is 9.95. The molecule has 0 aromatic heterocycles. The number of benzene rings is 1. The summed E-state index contributed by atoms with van der Waals surface area (Å²) in [5.41, 5.74) is 6.94. The van der Waals surface area contributed by atoms with E-state index in [9.17, 15) is 5.11 Å². The zero-order chi connectivity index (χ0) is 13.0. The number of ether oxygens (including phenoxy) is 1. The van der Waals surface area contributed by atoms with Crippen molar-refractivity contribution in [3.8, 4) is 5.75 Å². The van der Waals surface area contributed by atoms with Crippen molar-refractivity contribution in [2.45, 2.75) is 32.4 Å². The molecule has 1 aromatic rings. The van der Waals surface area contributed by atoms with Crippen LogP contribution in [0.4, 0.5) is 0 Å². The smallest absolute Gasteiger partial charge is 0.133 e. The Morgan fingerprint density at radius 1 is 1.39 bits per heavy atom. The van der Waals surface area contributed by atoms with Gasteiger partial charge in [-0.2, -0.15) is 0 Å². The number of halogens is 2. The first-order valence-corrected chi connectivity index (χ1v) is 6.52. The summed E-state index contributed by atoms with van der Waals surface area (Å²) in [6, 6.07) is 5.27. The van der Waals surface area contributed by atoms with Crippen molar-refractivity contribution in [2.24, 2.45) is 11.7 Å². The summed E-state index contributed by atoms with van der Waals surface area (Å²) in [5.74, 6) is 1.19. The molecule has 0 radical (unpaired) electrons. The van der Waals surface area contributed by atoms with Crippen LogP contribution in [0.1, 0.15) is 31.9 Å². The maximum atomic E-state index is 9.99. The minimum atomic E-state index is -0.518. The third-order valence-corrected chi connectivity index (χ3v) is 3.31. The molecule has 1 rings (SSSR count). The molecule has 0 aliphatic heterocycles. The Morgan fingerprint density at radius 3 is 2.44 bits per heavy atom. The molecule has 0 aliphatic carbocycles. The first-order chi connectivity index (χ1) is 7.95. The molecule has 3 N–H and O–H groups in total. The van der Waals surface area contributed by atoms with E-state index in [4.69, 9.17) is 10.5 Å². The fourth-order valence-electron chi connectivity index (χ4n) is 1.74. The average Bonchev–Trinajstić information content (AvgIpc) is 2.27. The molecule has 0 bridgehead atoms. The van der Waals surface area contributed by atoms with Gasteiger partial charge in [0.25, 0.3) is 0 Å². The fraction of sp³-hybridized carbons (Fsp3) is 0.538. The third kappa shape index (κ3) is 4.76. The molecular formula is C13H21BrClNO2. The highest BCUT2D eigenvalue weighted by atomic mass is 79.9. The van der Waals surface area contributed by atoms with Crippen LogP contribution < -0.4 is 10.5 Å². The highest BCUT2D eigenvalue weighted by molar-refractivity contribution is 9.10. The van der Waals surface area contributed by atoms with E-state index in [1.807, 2.05) is 18.2 Å². The van der Waals surface area contributed by atoms with E-state index in [0.717, 1.165) is 15.8 Å². The van der Waals surface area contributed by atoms with E-state index in [2.05, 4.69) is 29.8 Å². The van der Waals surface area contributed by atoms with Crippen LogP contribution in [0, 0.1) is 5.92 Å². The summed E-state index contributed by atoms with van der Waals surface area (Å²) in [4.78, 5) is 0. The second-order valence-corrected chi connectivity index (χ2v) is 5.47. The Hall–Kier alpha value is -0.290. The minimum absolute atomic E-state index is 0. The van der Waals surface area contributed by atoms with Gasteiger partial charge in [0.2, 0.25) is 0 Å². The van der Waals surface area contributed by atoms with Crippen LogP contribution in [0.5, 0.6) is 5.75 Å². The van der Waals surface area contributed by atoms with Gasteiger partial charge < -0.3 is 15.6 Å². The Morgan fingerprint density at radius 2 is 2.00 bits per heavy atom. The molecule has 104 valence electrons. The number of hydrogen-bond acceptors (Lipinski definition) is 3. The lowest BCUT2D eigenvalue weighted by Gasteiger charge is -2.21. The van der Waals surface area contributed by atoms with Gasteiger partial charge in [-0.1, -0.05) is 19.9 Å². The highest BCUT2D eigenvalue weighted by Gasteiger charge is 2.18. The number of aliphatic hydroxyl groups excluding tert-OH is 1. The molecule has 3 nitrogen and oxygen atoms in total. The molecule has 0 saturated heterocycles. The van der Waals surface area contributed by atoms with Crippen molar-refractivity contribution in [3.63, 3.8) is 0 Å². The normalized spacial score (nSPS) is 13.9. The lowest BCUT2D eigenvalue weighted by molar-refractivity contribution is 0.121. The second-order valence-electron chi connectivity index (χ2n) is 4.62. The number of methoxy groups -OCH3 is 1. The summed E-state index contributed by atoms with van der Waals surface area (Å²) in [6.07, 6.45) is 0.181. The van der Waals surface area contributed by atoms with Gasteiger partial charge in [-0.25, -0.2) is 0 Å². The maximum absolute atomic E-state index is 9.99. The summed E-state index contributed by atoms with van der Waals surface area (Å²) in [7, 11) is 1.62. The summed E-state index contributed by atoms with van der Waals surface area (Å²) in [6.45, 7) is 4.14. The topological polar surface area (TPSA) is 55.5 Å². The summed E-state index contributed by atoms with van der Waals surface area (Å²) < 4.78 is 6.01. The SMILES string of the molecule is COc1ccc([C@H](N)[C@H](O)CC(C)C)cc1Br.Cl. The quantitative estimate of drug-likeness (QED) is 0.866. The van der Waals surface area contributed by atoms with Gasteiger partial charge in [0.05, 0.1) is 23.7 Å². The predicted octanol–water partition coefficient (Wildman–Crippen LogP) is 3.29. The van der Waals surface area contributed by atoms with Crippen LogP contribution in [0.25, 0.3) is 0 Å². The average molecular weight is 339 g/mol. The van der Waals surface area contributed by atoms with Crippen LogP contribution >= 0.6 is 28.3 Å². The van der Waals surface area contributed by atoms with Gasteiger partial charge in [-0.3, -0.25) is 0 Å². The van der Waals surface area contributed by atoms with Crippen LogP contribution in [0.3, 0.4) is 0 Å². The highest BCUT2D eigenvalue weighted by Crippen LogP contribution is 2.29. The third-order valence-electron chi connectivity index (χ3n) is 2.69. The van der Waals surface area contributed by atoms with E-state index in [1.165, 1.54) is 0 Å². The Balaban J connectivity index is 0.00000289. The monoisotopic (exact) mass is 337 g/mol. The van der Waals surface area contributed by atoms with Gasteiger partial charge >= 0.3 is 0 Å². The van der Waals surface area contributed by atoms with Crippen molar-refractivity contribution < 1.29 is 9.84 Å². The second kappa shape index (κ2) is 8.00. The number of aliphatic hydroxyl groups is 1. The van der Waals surface area contributed by atoms with E-state index < -0.39 is 6.10 Å². The molecule has 0 heterocycles. The van der Waals surface area contributed by atoms with E-state index in [-0.39, 0.29) is 18.4 Å². The number of nitrogens with two attached hydrogens (primary N) is 1. The Bertz CT molecular complexity index is 374. The molecule has 0 aliphatic rings. The van der Waals surface area contributed by atoms with Gasteiger partial charge in [0.1, 0.15) is 5.75 Å². The van der Waals surface area contributed by atoms with E-state index >= 15 is 0 Å². The molecule has 2 atom stereocenters. The fourth-order valence-corrected chi connectivity index (χ4v) is 2.30. The van der Waals surface area contributed by atoms with Crippen molar-refractivity contribution in [1.29, 1.82) is 0 Å². The molecular weight excluding hydrogens is 318 g/mol. The zero-order valence-corrected chi connectivity index (χ0v) is 13.3. The van der Waals surface area contributed by atoms with Crippen LogP contribution in [0.15, 0.2) is 22.7 Å². The van der Waals surface area contributed by atoms with Crippen molar-refractivity contribution >= 4 is 28.3 Å². The number of hydrogen-bond donors (Lipinski definition) is 2. The largest absolute Gasteiger partial charge is 0.496 e. The lowest BCUT2D eigenvalue weighted by Crippen LogP contribution is -2.27. The number of rotatable bonds is 5. The van der Waals surface area contributed by atoms with Crippen LogP contribution in [0.2, 0.25) is 0 Å². The van der Waals surface area contributed by atoms with Crippen molar-refractivity contribution in [1.82, 2.24) is 0 Å². The van der Waals surface area contributed by atoms with Crippen LogP contribution in [-0.4, -0.2) is 18.3 Å². The summed E-state index contributed by atoms with van der Waals surface area (Å²) in [5, 5.41) is 9.99. The Kier molecular flexibility index (Phi) is 7.87. The first kappa shape index (κ1) is 17.7. The van der Waals surface area contributed by atoms with Gasteiger partial charge in [0.15, 0.2) is 0 Å². The Labute approximate surface area is 123 Å². The van der Waals surface area contributed by atoms with Crippen molar-refractivity contribution in [3.05, 3.63) is 28.2 Å². The molecule has 0 fully saturated rings. The van der Waals surface area contributed by atoms with E-state index in [1.54, 1.807) is 7.11 Å². The molecule has 5 heteroatoms. The van der Waals surface area contributed by atoms with Gasteiger partial charge in [0, 0.05) is 0 Å². The van der Waals surface area contributed by atoms with Gasteiger partial charge in [-0.05, 0) is 46.0 Å². The maximum Gasteiger partial charge on any atom is 0.133 e. The minimum Gasteiger partial charge on any atom is -0.496 e. The molecule has 0 saturated carbocycles. The predicted molar refractivity (Wildman–Crippen MR) is 80.3 cm³/mol. The van der Waals surface area contributed by atoms with Crippen LogP contribution in [-0.2, 0) is 0 Å². The first-order valence-electron chi connectivity index (χ1n) is 5.72. The standard InChI is InChI=1S/C13H20BrNO2.ClH/c1-8(2)6-11(16)13(15)9-4-5-12(17-3)10(14)7-9;/h4-5,7-8,11,13,16H,6,15H2,1-3H3;1H/t11-,13+;/m1./s1.